The van der Waals surface area contributed by atoms with Crippen LogP contribution in [-0.4, -0.2) is 74.0 Å². The summed E-state index contributed by atoms with van der Waals surface area (Å²) in [5.41, 5.74) is 17.5. The standard InChI is InChI=1S/2C10H16O4S.2C3H9N3/c2*1-9(2)7-3-4-10(9,8(11)5-7)6-15(12,13)14;2*1-2-6-3(4)5/h2*7H,3-6H2,1-2H3,(H,12,13,14);2*2H2,1H3,(H4,4,5,6)/t2*7-,10-;;/m11../s1. The second kappa shape index (κ2) is 13.6. The first-order valence-corrected chi connectivity index (χ1v) is 17.2. The van der Waals surface area contributed by atoms with Gasteiger partial charge in [0, 0.05) is 23.7 Å². The maximum atomic E-state index is 11.8. The lowest BCUT2D eigenvalue weighted by molar-refractivity contribution is -0.454. The Hall–Kier alpha value is -2.30. The average molecular weight is 639 g/mol. The van der Waals surface area contributed by atoms with Crippen LogP contribution < -0.4 is 32.9 Å². The van der Waals surface area contributed by atoms with E-state index in [0.29, 0.717) is 25.7 Å². The van der Waals surface area contributed by atoms with Gasteiger partial charge in [-0.25, -0.2) is 16.8 Å². The van der Waals surface area contributed by atoms with Crippen LogP contribution in [0.15, 0.2) is 0 Å². The lowest BCUT2D eigenvalue weighted by Crippen LogP contribution is -2.77. The molecule has 0 aromatic carbocycles. The first-order valence-electron chi connectivity index (χ1n) is 14.1. The second-order valence-electron chi connectivity index (χ2n) is 12.7. The van der Waals surface area contributed by atoms with Crippen molar-refractivity contribution in [3.8, 4) is 0 Å². The third-order valence-corrected chi connectivity index (χ3v) is 11.6. The molecule has 0 aliphatic heterocycles. The number of hydrogen-bond donors (Lipinski definition) is 6. The molecule has 4 saturated carbocycles. The topological polar surface area (TPSA) is 281 Å². The molecule has 16 heteroatoms. The van der Waals surface area contributed by atoms with Gasteiger partial charge in [0.15, 0.2) is 0 Å². The molecule has 0 saturated heterocycles. The van der Waals surface area contributed by atoms with Crippen LogP contribution in [-0.2, 0) is 29.8 Å². The van der Waals surface area contributed by atoms with Gasteiger partial charge in [-0.2, -0.15) is 0 Å². The summed E-state index contributed by atoms with van der Waals surface area (Å²) in [4.78, 5) is 29.1. The Morgan fingerprint density at radius 1 is 0.714 bits per heavy atom. The molecule has 4 bridgehead atoms. The quantitative estimate of drug-likeness (QED) is 0.0942. The zero-order valence-corrected chi connectivity index (χ0v) is 27.3. The Morgan fingerprint density at radius 2 is 1.00 bits per heavy atom. The van der Waals surface area contributed by atoms with Gasteiger partial charge in [0.25, 0.3) is 0 Å². The van der Waals surface area contributed by atoms with E-state index in [0.717, 1.165) is 25.9 Å². The fourth-order valence-electron chi connectivity index (χ4n) is 7.23. The van der Waals surface area contributed by atoms with E-state index in [4.69, 9.17) is 22.9 Å². The average Bonchev–Trinajstić information content (AvgIpc) is 3.31. The number of fused-ring (bicyclic) bond motifs is 4. The predicted molar refractivity (Wildman–Crippen MR) is 156 cm³/mol. The van der Waals surface area contributed by atoms with Crippen molar-refractivity contribution in [2.45, 2.75) is 80.1 Å². The minimum Gasteiger partial charge on any atom is -0.748 e. The molecule has 4 aliphatic rings. The fourth-order valence-corrected chi connectivity index (χ4v) is 9.79. The van der Waals surface area contributed by atoms with Gasteiger partial charge in [0.1, 0.15) is 11.6 Å². The SMILES string of the molecule is CC1(C)[C@@H]2CC[C@@]1(CS(=O)(=O)[O-])C(=O)C2.CC1(C)[C@@H]2CC[C@@]1(CS(=O)(=O)[O-])C(=O)C2.CC[NH+]=C(N)N.CC[NH+]=C(N)N. The van der Waals surface area contributed by atoms with Crippen molar-refractivity contribution < 1.29 is 45.5 Å². The van der Waals surface area contributed by atoms with Crippen molar-refractivity contribution in [3.63, 3.8) is 0 Å². The Morgan fingerprint density at radius 3 is 1.12 bits per heavy atom. The highest BCUT2D eigenvalue weighted by Crippen LogP contribution is 2.65. The highest BCUT2D eigenvalue weighted by Gasteiger charge is 2.65. The first-order chi connectivity index (χ1) is 18.9. The third-order valence-electron chi connectivity index (χ3n) is 9.89. The Bertz CT molecular complexity index is 1170. The minimum atomic E-state index is -4.33. The van der Waals surface area contributed by atoms with Crippen LogP contribution in [0.25, 0.3) is 0 Å². The summed E-state index contributed by atoms with van der Waals surface area (Å²) in [6.07, 6.45) is 3.75. The minimum absolute atomic E-state index is 0.0248. The molecule has 42 heavy (non-hydrogen) atoms. The van der Waals surface area contributed by atoms with Gasteiger partial charge in [-0.15, -0.1) is 0 Å². The Balaban J connectivity index is 0.000000307. The van der Waals surface area contributed by atoms with Gasteiger partial charge < -0.3 is 9.11 Å². The number of carbonyl (C=O) groups excluding carboxylic acids is 2. The smallest absolute Gasteiger partial charge is 0.338 e. The number of nitrogens with one attached hydrogen (secondary N) is 2. The second-order valence-corrected chi connectivity index (χ2v) is 15.5. The molecule has 0 unspecified atom stereocenters. The zero-order chi connectivity index (χ0) is 32.9. The van der Waals surface area contributed by atoms with Crippen LogP contribution in [0.2, 0.25) is 0 Å². The highest BCUT2D eigenvalue weighted by atomic mass is 32.2. The van der Waals surface area contributed by atoms with E-state index in [-0.39, 0.29) is 46.2 Å². The fraction of sp³-hybridized carbons (Fsp3) is 0.846. The Kier molecular flexibility index (Phi) is 12.2. The van der Waals surface area contributed by atoms with Crippen molar-refractivity contribution in [1.82, 2.24) is 0 Å². The molecule has 10 N–H and O–H groups in total. The summed E-state index contributed by atoms with van der Waals surface area (Å²) >= 11 is 0. The number of Topliss-reactive ketones (excluding diaryl/α,β-unsaturated/α-hetero) is 2. The zero-order valence-electron chi connectivity index (χ0n) is 25.6. The van der Waals surface area contributed by atoms with E-state index in [2.05, 4.69) is 9.98 Å². The molecule has 4 rings (SSSR count). The summed E-state index contributed by atoms with van der Waals surface area (Å²) in [5.74, 6) is 0.0184. The summed E-state index contributed by atoms with van der Waals surface area (Å²) in [6, 6.07) is 0. The first kappa shape index (κ1) is 37.7. The van der Waals surface area contributed by atoms with E-state index >= 15 is 0 Å². The molecule has 4 fully saturated rings. The van der Waals surface area contributed by atoms with Gasteiger partial charge >= 0.3 is 11.9 Å². The third kappa shape index (κ3) is 8.41. The monoisotopic (exact) mass is 638 g/mol. The lowest BCUT2D eigenvalue weighted by Gasteiger charge is -2.37. The molecular weight excluding hydrogens is 588 g/mol. The number of carbonyl (C=O) groups is 2. The molecule has 0 radical (unpaired) electrons. The molecule has 0 heterocycles. The molecule has 4 aliphatic carbocycles. The number of rotatable bonds is 6. The van der Waals surface area contributed by atoms with E-state index in [1.807, 2.05) is 41.5 Å². The van der Waals surface area contributed by atoms with E-state index < -0.39 is 42.6 Å². The molecule has 0 aromatic heterocycles. The number of hydrogen-bond acceptors (Lipinski definition) is 8. The van der Waals surface area contributed by atoms with Crippen LogP contribution >= 0.6 is 0 Å². The van der Waals surface area contributed by atoms with Gasteiger partial charge in [-0.3, -0.25) is 42.5 Å². The molecule has 14 nitrogen and oxygen atoms in total. The molecule has 4 atom stereocenters. The Labute approximate surface area is 250 Å². The van der Waals surface area contributed by atoms with Crippen molar-refractivity contribution >= 4 is 43.7 Å². The van der Waals surface area contributed by atoms with Crippen molar-refractivity contribution in [3.05, 3.63) is 0 Å². The van der Waals surface area contributed by atoms with Gasteiger partial charge in [0.05, 0.1) is 44.8 Å². The molecule has 0 aromatic rings. The number of ketones is 2. The van der Waals surface area contributed by atoms with Crippen LogP contribution in [0.4, 0.5) is 0 Å². The van der Waals surface area contributed by atoms with E-state index in [9.17, 15) is 35.5 Å². The molecule has 0 amide bonds. The van der Waals surface area contributed by atoms with Crippen molar-refractivity contribution in [2.75, 3.05) is 24.6 Å². The molecule has 244 valence electrons. The maximum Gasteiger partial charge on any atom is 0.338 e. The van der Waals surface area contributed by atoms with Gasteiger partial charge in [0.2, 0.25) is 0 Å². The molecular formula is C26H50N6O8S2. The largest absolute Gasteiger partial charge is 0.748 e. The number of nitrogens with two attached hydrogens (primary N) is 4. The summed E-state index contributed by atoms with van der Waals surface area (Å²) in [7, 11) is -8.65. The van der Waals surface area contributed by atoms with Crippen LogP contribution in [0.5, 0.6) is 0 Å². The summed E-state index contributed by atoms with van der Waals surface area (Å²) in [6.45, 7) is 13.1. The van der Waals surface area contributed by atoms with Crippen molar-refractivity contribution in [2.24, 2.45) is 56.4 Å². The normalized spacial score (nSPS) is 29.7. The molecule has 0 spiro atoms. The summed E-state index contributed by atoms with van der Waals surface area (Å²) < 4.78 is 65.4. The van der Waals surface area contributed by atoms with E-state index in [1.165, 1.54) is 0 Å². The van der Waals surface area contributed by atoms with Gasteiger partial charge in [-0.1, -0.05) is 27.7 Å². The van der Waals surface area contributed by atoms with E-state index in [1.54, 1.807) is 0 Å². The highest BCUT2D eigenvalue weighted by molar-refractivity contribution is 7.86. The summed E-state index contributed by atoms with van der Waals surface area (Å²) in [5, 5.41) is 0. The maximum absolute atomic E-state index is 11.8. The van der Waals surface area contributed by atoms with Crippen LogP contribution in [0.1, 0.15) is 80.1 Å². The van der Waals surface area contributed by atoms with Gasteiger partial charge in [-0.05, 0) is 62.2 Å². The van der Waals surface area contributed by atoms with Crippen molar-refractivity contribution in [1.29, 1.82) is 0 Å². The van der Waals surface area contributed by atoms with Crippen LogP contribution in [0.3, 0.4) is 0 Å². The van der Waals surface area contributed by atoms with Crippen LogP contribution in [0, 0.1) is 33.5 Å². The lowest BCUT2D eigenvalue weighted by atomic mass is 9.70. The number of guanidine groups is 2. The predicted octanol–water partition coefficient (Wildman–Crippen LogP) is -3.43.